The van der Waals surface area contributed by atoms with Crippen molar-refractivity contribution in [2.45, 2.75) is 39.7 Å². The fourth-order valence-electron chi connectivity index (χ4n) is 3.29. The highest BCUT2D eigenvalue weighted by molar-refractivity contribution is 5.91. The number of carbonyl (C=O) groups is 3. The molecule has 0 aromatic carbocycles. The van der Waals surface area contributed by atoms with Gasteiger partial charge in [0.1, 0.15) is 0 Å². The minimum Gasteiger partial charge on any atom is -0.481 e. The fourth-order valence-corrected chi connectivity index (χ4v) is 3.29. The largest absolute Gasteiger partial charge is 0.481 e. The highest BCUT2D eigenvalue weighted by atomic mass is 16.4. The van der Waals surface area contributed by atoms with Gasteiger partial charge in [0.15, 0.2) is 0 Å². The molecule has 1 aliphatic heterocycles. The third-order valence-corrected chi connectivity index (χ3v) is 4.57. The lowest BCUT2D eigenvalue weighted by Gasteiger charge is -2.32. The molecule has 1 heterocycles. The Balaban J connectivity index is 1.90. The van der Waals surface area contributed by atoms with Crippen LogP contribution in [0.4, 0.5) is 0 Å². The molecule has 2 amide bonds. The van der Waals surface area contributed by atoms with Crippen molar-refractivity contribution < 1.29 is 19.5 Å². The zero-order chi connectivity index (χ0) is 15.1. The van der Waals surface area contributed by atoms with Gasteiger partial charge in [0.05, 0.1) is 11.8 Å². The minimum atomic E-state index is -0.888. The molecule has 1 saturated carbocycles. The summed E-state index contributed by atoms with van der Waals surface area (Å²) < 4.78 is 0. The summed E-state index contributed by atoms with van der Waals surface area (Å²) >= 11 is 0. The number of likely N-dealkylation sites (tertiary alicyclic amines) is 1. The van der Waals surface area contributed by atoms with Crippen molar-refractivity contribution in [2.24, 2.45) is 17.3 Å². The summed E-state index contributed by atoms with van der Waals surface area (Å²) in [5.41, 5.74) is -0.447. The summed E-state index contributed by atoms with van der Waals surface area (Å²) in [6, 6.07) is 0.124. The van der Waals surface area contributed by atoms with E-state index in [-0.39, 0.29) is 17.9 Å². The van der Waals surface area contributed by atoms with Gasteiger partial charge in [-0.25, -0.2) is 0 Å². The van der Waals surface area contributed by atoms with Crippen LogP contribution in [0.5, 0.6) is 0 Å². The molecule has 0 bridgehead atoms. The summed E-state index contributed by atoms with van der Waals surface area (Å²) in [7, 11) is 0. The van der Waals surface area contributed by atoms with Gasteiger partial charge in [0.2, 0.25) is 11.8 Å². The zero-order valence-electron chi connectivity index (χ0n) is 12.2. The molecular weight excluding hydrogens is 260 g/mol. The Morgan fingerprint density at radius 1 is 1.15 bits per heavy atom. The highest BCUT2D eigenvalue weighted by Gasteiger charge is 2.66. The Kier molecular flexibility index (Phi) is 3.75. The van der Waals surface area contributed by atoms with Gasteiger partial charge in [-0.3, -0.25) is 14.4 Å². The predicted molar refractivity (Wildman–Crippen MR) is 71.8 cm³/mol. The Morgan fingerprint density at radius 2 is 1.70 bits per heavy atom. The number of aliphatic carboxylic acids is 1. The number of hydrogen-bond donors (Lipinski definition) is 2. The minimum absolute atomic E-state index is 0.0518. The molecule has 0 spiro atoms. The Bertz CT molecular complexity index is 438. The van der Waals surface area contributed by atoms with Crippen LogP contribution in [0.3, 0.4) is 0 Å². The molecule has 2 fully saturated rings. The van der Waals surface area contributed by atoms with E-state index in [0.717, 1.165) is 12.8 Å². The standard InChI is InChI=1S/C14H22N2O4/c1-8(17)15-9-4-6-16(7-5-9)12(18)10-11(13(19)20)14(10,2)3/h9-11H,4-7H2,1-3H3,(H,15,17)(H,19,20). The van der Waals surface area contributed by atoms with Crippen LogP contribution in [0.2, 0.25) is 0 Å². The van der Waals surface area contributed by atoms with Gasteiger partial charge in [-0.05, 0) is 18.3 Å². The molecule has 2 unspecified atom stereocenters. The van der Waals surface area contributed by atoms with Gasteiger partial charge in [-0.1, -0.05) is 13.8 Å². The van der Waals surface area contributed by atoms with Gasteiger partial charge in [0, 0.05) is 26.1 Å². The molecular formula is C14H22N2O4. The summed E-state index contributed by atoms with van der Waals surface area (Å²) in [6.45, 7) is 6.32. The van der Waals surface area contributed by atoms with Crippen LogP contribution >= 0.6 is 0 Å². The molecule has 2 atom stereocenters. The van der Waals surface area contributed by atoms with Crippen molar-refractivity contribution >= 4 is 17.8 Å². The van der Waals surface area contributed by atoms with Gasteiger partial charge < -0.3 is 15.3 Å². The fraction of sp³-hybridized carbons (Fsp3) is 0.786. The number of piperidine rings is 1. The van der Waals surface area contributed by atoms with Crippen molar-refractivity contribution in [3.63, 3.8) is 0 Å². The number of nitrogens with one attached hydrogen (secondary N) is 1. The van der Waals surface area contributed by atoms with E-state index < -0.39 is 23.2 Å². The third kappa shape index (κ3) is 2.64. The molecule has 0 aromatic rings. The van der Waals surface area contributed by atoms with E-state index in [1.54, 1.807) is 4.90 Å². The second kappa shape index (κ2) is 5.07. The number of carboxylic acids is 1. The number of hydrogen-bond acceptors (Lipinski definition) is 3. The first-order valence-electron chi connectivity index (χ1n) is 7.04. The average Bonchev–Trinajstić information content (AvgIpc) is 2.92. The van der Waals surface area contributed by atoms with E-state index in [1.807, 2.05) is 13.8 Å². The maximum atomic E-state index is 12.4. The van der Waals surface area contributed by atoms with Crippen LogP contribution < -0.4 is 5.32 Å². The van der Waals surface area contributed by atoms with Gasteiger partial charge in [-0.2, -0.15) is 0 Å². The van der Waals surface area contributed by atoms with Crippen molar-refractivity contribution in [1.29, 1.82) is 0 Å². The molecule has 0 aromatic heterocycles. The van der Waals surface area contributed by atoms with E-state index in [1.165, 1.54) is 6.92 Å². The Labute approximate surface area is 118 Å². The molecule has 2 aliphatic rings. The van der Waals surface area contributed by atoms with E-state index in [9.17, 15) is 14.4 Å². The van der Waals surface area contributed by atoms with Crippen LogP contribution in [-0.4, -0.2) is 46.9 Å². The number of nitrogens with zero attached hydrogens (tertiary/aromatic N) is 1. The van der Waals surface area contributed by atoms with Gasteiger partial charge in [0.25, 0.3) is 0 Å². The van der Waals surface area contributed by atoms with Gasteiger partial charge in [-0.15, -0.1) is 0 Å². The lowest BCUT2D eigenvalue weighted by molar-refractivity contribution is -0.142. The van der Waals surface area contributed by atoms with E-state index in [4.69, 9.17) is 5.11 Å². The van der Waals surface area contributed by atoms with Crippen LogP contribution in [0.15, 0.2) is 0 Å². The lowest BCUT2D eigenvalue weighted by atomic mass is 10.0. The van der Waals surface area contributed by atoms with Crippen LogP contribution in [0.25, 0.3) is 0 Å². The number of rotatable bonds is 3. The van der Waals surface area contributed by atoms with Crippen LogP contribution in [0, 0.1) is 17.3 Å². The number of amides is 2. The van der Waals surface area contributed by atoms with Crippen molar-refractivity contribution in [3.05, 3.63) is 0 Å². The summed E-state index contributed by atoms with van der Waals surface area (Å²) in [4.78, 5) is 36.3. The molecule has 112 valence electrons. The first-order valence-corrected chi connectivity index (χ1v) is 7.04. The second-order valence-corrected chi connectivity index (χ2v) is 6.42. The summed E-state index contributed by atoms with van der Waals surface area (Å²) in [5, 5.41) is 12.0. The van der Waals surface area contributed by atoms with Gasteiger partial charge >= 0.3 is 5.97 Å². The van der Waals surface area contributed by atoms with Crippen molar-refractivity contribution in [3.8, 4) is 0 Å². The summed E-state index contributed by atoms with van der Waals surface area (Å²) in [5.74, 6) is -1.96. The summed E-state index contributed by atoms with van der Waals surface area (Å²) in [6.07, 6.45) is 1.46. The smallest absolute Gasteiger partial charge is 0.307 e. The van der Waals surface area contributed by atoms with E-state index >= 15 is 0 Å². The molecule has 0 radical (unpaired) electrons. The first-order chi connectivity index (χ1) is 9.25. The van der Waals surface area contributed by atoms with Crippen LogP contribution in [0.1, 0.15) is 33.6 Å². The third-order valence-electron chi connectivity index (χ3n) is 4.57. The predicted octanol–water partition coefficient (Wildman–Crippen LogP) is 0.470. The SMILES string of the molecule is CC(=O)NC1CCN(C(=O)C2C(C(=O)O)C2(C)C)CC1. The quantitative estimate of drug-likeness (QED) is 0.788. The maximum absolute atomic E-state index is 12.4. The molecule has 1 aliphatic carbocycles. The molecule has 6 heteroatoms. The Morgan fingerprint density at radius 3 is 2.10 bits per heavy atom. The number of carbonyl (C=O) groups excluding carboxylic acids is 2. The molecule has 1 saturated heterocycles. The maximum Gasteiger partial charge on any atom is 0.307 e. The van der Waals surface area contributed by atoms with Crippen LogP contribution in [-0.2, 0) is 14.4 Å². The molecule has 20 heavy (non-hydrogen) atoms. The lowest BCUT2D eigenvalue weighted by Crippen LogP contribution is -2.47. The topological polar surface area (TPSA) is 86.7 Å². The monoisotopic (exact) mass is 282 g/mol. The Hall–Kier alpha value is -1.59. The van der Waals surface area contributed by atoms with E-state index in [0.29, 0.717) is 13.1 Å². The number of carboxylic acid groups (broad SMARTS) is 1. The van der Waals surface area contributed by atoms with E-state index in [2.05, 4.69) is 5.32 Å². The molecule has 2 N–H and O–H groups in total. The normalized spacial score (nSPS) is 28.9. The highest BCUT2D eigenvalue weighted by Crippen LogP contribution is 2.59. The second-order valence-electron chi connectivity index (χ2n) is 6.42. The average molecular weight is 282 g/mol. The van der Waals surface area contributed by atoms with Crippen molar-refractivity contribution in [2.75, 3.05) is 13.1 Å². The molecule has 6 nitrogen and oxygen atoms in total. The van der Waals surface area contributed by atoms with Crippen molar-refractivity contribution in [1.82, 2.24) is 10.2 Å². The first kappa shape index (κ1) is 14.8. The molecule has 2 rings (SSSR count). The zero-order valence-corrected chi connectivity index (χ0v) is 12.2.